The zero-order valence-corrected chi connectivity index (χ0v) is 16.8. The van der Waals surface area contributed by atoms with Gasteiger partial charge in [-0.15, -0.1) is 0 Å². The molecule has 0 radical (unpaired) electrons. The molecule has 0 spiro atoms. The van der Waals surface area contributed by atoms with Crippen molar-refractivity contribution in [2.45, 2.75) is 24.2 Å². The van der Waals surface area contributed by atoms with Gasteiger partial charge < -0.3 is 5.32 Å². The van der Waals surface area contributed by atoms with Gasteiger partial charge in [-0.1, -0.05) is 30.3 Å². The fraction of sp³-hybridized carbons (Fsp3) is 0.211. The number of alkyl halides is 3. The summed E-state index contributed by atoms with van der Waals surface area (Å²) in [5, 5.41) is 6.56. The second-order valence-electron chi connectivity index (χ2n) is 6.54. The normalized spacial score (nSPS) is 12.0. The molecule has 0 saturated carbocycles. The first-order chi connectivity index (χ1) is 14.6. The Hall–Kier alpha value is -3.25. The van der Waals surface area contributed by atoms with Crippen molar-refractivity contribution in [3.8, 4) is 0 Å². The molecule has 0 bridgehead atoms. The van der Waals surface area contributed by atoms with Crippen molar-refractivity contribution >= 4 is 15.9 Å². The van der Waals surface area contributed by atoms with E-state index in [4.69, 9.17) is 0 Å². The zero-order chi connectivity index (χ0) is 22.5. The van der Waals surface area contributed by atoms with Gasteiger partial charge in [-0.05, 0) is 29.3 Å². The maximum atomic E-state index is 12.8. The van der Waals surface area contributed by atoms with Crippen LogP contribution in [0.5, 0.6) is 0 Å². The van der Waals surface area contributed by atoms with Crippen LogP contribution in [0.4, 0.5) is 13.2 Å². The van der Waals surface area contributed by atoms with Gasteiger partial charge in [-0.2, -0.15) is 18.3 Å². The molecule has 0 aliphatic heterocycles. The Bertz CT molecular complexity index is 1130. The Balaban J connectivity index is 1.50. The van der Waals surface area contributed by atoms with Gasteiger partial charge in [0.05, 0.1) is 23.5 Å². The van der Waals surface area contributed by atoms with E-state index in [0.29, 0.717) is 12.6 Å². The van der Waals surface area contributed by atoms with Crippen LogP contribution < -0.4 is 10.0 Å². The van der Waals surface area contributed by atoms with Crippen molar-refractivity contribution in [1.82, 2.24) is 24.8 Å². The largest absolute Gasteiger partial charge is 0.416 e. The number of carbonyl (C=O) groups excluding carboxylic acids is 1. The number of halogens is 3. The lowest BCUT2D eigenvalue weighted by molar-refractivity contribution is -0.137. The van der Waals surface area contributed by atoms with Gasteiger partial charge in [0.25, 0.3) is 0 Å². The molecule has 2 N–H and O–H groups in total. The van der Waals surface area contributed by atoms with Gasteiger partial charge in [-0.25, -0.2) is 22.8 Å². The van der Waals surface area contributed by atoms with Gasteiger partial charge in [0, 0.05) is 6.54 Å². The predicted octanol–water partition coefficient (Wildman–Crippen LogP) is 1.94. The minimum absolute atomic E-state index is 0.160. The Morgan fingerprint density at radius 3 is 2.42 bits per heavy atom. The summed E-state index contributed by atoms with van der Waals surface area (Å²) in [6.07, 6.45) is -1.65. The van der Waals surface area contributed by atoms with E-state index in [0.717, 1.165) is 29.3 Å². The molecule has 0 aliphatic rings. The first-order valence-electron chi connectivity index (χ1n) is 8.97. The molecule has 0 fully saturated rings. The van der Waals surface area contributed by atoms with E-state index < -0.39 is 39.1 Å². The van der Waals surface area contributed by atoms with Crippen LogP contribution in [0.3, 0.4) is 0 Å². The lowest BCUT2D eigenvalue weighted by atomic mass is 10.1. The van der Waals surface area contributed by atoms with Crippen molar-refractivity contribution in [2.24, 2.45) is 0 Å². The molecule has 0 unspecified atom stereocenters. The first-order valence-corrected chi connectivity index (χ1v) is 10.5. The molecule has 0 saturated heterocycles. The molecule has 8 nitrogen and oxygen atoms in total. The number of rotatable bonds is 8. The molecule has 12 heteroatoms. The summed E-state index contributed by atoms with van der Waals surface area (Å²) in [6.45, 7) is 0.0979. The Morgan fingerprint density at radius 2 is 1.77 bits per heavy atom. The third-order valence-corrected chi connectivity index (χ3v) is 5.62. The molecule has 0 atom stereocenters. The number of sulfonamides is 1. The molecule has 1 aromatic heterocycles. The fourth-order valence-electron chi connectivity index (χ4n) is 2.61. The average molecular weight is 453 g/mol. The molecule has 31 heavy (non-hydrogen) atoms. The van der Waals surface area contributed by atoms with Crippen molar-refractivity contribution in [3.63, 3.8) is 0 Å². The van der Waals surface area contributed by atoms with E-state index in [9.17, 15) is 26.4 Å². The topological polar surface area (TPSA) is 106 Å². The number of aromatic nitrogens is 3. The van der Waals surface area contributed by atoms with E-state index >= 15 is 0 Å². The summed E-state index contributed by atoms with van der Waals surface area (Å²) < 4.78 is 66.3. The highest BCUT2D eigenvalue weighted by Crippen LogP contribution is 2.30. The molecule has 3 aromatic rings. The zero-order valence-electron chi connectivity index (χ0n) is 16.0. The van der Waals surface area contributed by atoms with Crippen LogP contribution in [0.1, 0.15) is 16.7 Å². The lowest BCUT2D eigenvalue weighted by Crippen LogP contribution is -2.36. The highest BCUT2D eigenvalue weighted by atomic mass is 32.2. The van der Waals surface area contributed by atoms with Crippen LogP contribution in [0.2, 0.25) is 0 Å². The Kier molecular flexibility index (Phi) is 6.71. The van der Waals surface area contributed by atoms with Crippen LogP contribution >= 0.6 is 0 Å². The lowest BCUT2D eigenvalue weighted by Gasteiger charge is -2.11. The first kappa shape index (κ1) is 22.4. The highest BCUT2D eigenvalue weighted by molar-refractivity contribution is 7.89. The standard InChI is InChI=1S/C19H18F3N5O3S/c20-19(21,22)16-2-1-3-17(8-16)31(29,30)26-10-18(28)24-9-14-4-6-15(7-5-14)11-27-13-23-12-25-27/h1-8,12-13,26H,9-11H2,(H,24,28). The van der Waals surface area contributed by atoms with E-state index in [1.165, 1.54) is 6.33 Å². The van der Waals surface area contributed by atoms with Gasteiger partial charge in [0.15, 0.2) is 0 Å². The van der Waals surface area contributed by atoms with Crippen LogP contribution in [0.25, 0.3) is 0 Å². The highest BCUT2D eigenvalue weighted by Gasteiger charge is 2.31. The molecular weight excluding hydrogens is 435 g/mol. The second-order valence-corrected chi connectivity index (χ2v) is 8.30. The summed E-state index contributed by atoms with van der Waals surface area (Å²) >= 11 is 0. The van der Waals surface area contributed by atoms with Gasteiger partial charge >= 0.3 is 6.18 Å². The smallest absolute Gasteiger partial charge is 0.351 e. The minimum Gasteiger partial charge on any atom is -0.351 e. The maximum absolute atomic E-state index is 12.8. The number of hydrogen-bond acceptors (Lipinski definition) is 5. The minimum atomic E-state index is -4.67. The average Bonchev–Trinajstić information content (AvgIpc) is 3.24. The third kappa shape index (κ3) is 6.36. The monoisotopic (exact) mass is 453 g/mol. The maximum Gasteiger partial charge on any atom is 0.416 e. The van der Waals surface area contributed by atoms with Gasteiger partial charge in [0.1, 0.15) is 12.7 Å². The fourth-order valence-corrected chi connectivity index (χ4v) is 3.64. The van der Waals surface area contributed by atoms with Gasteiger partial charge in [0.2, 0.25) is 15.9 Å². The predicted molar refractivity (Wildman–Crippen MR) is 104 cm³/mol. The molecule has 164 valence electrons. The van der Waals surface area contributed by atoms with Crippen molar-refractivity contribution in [3.05, 3.63) is 77.9 Å². The van der Waals surface area contributed by atoms with Crippen LogP contribution in [0, 0.1) is 0 Å². The number of benzene rings is 2. The van der Waals surface area contributed by atoms with Crippen LogP contribution in [-0.4, -0.2) is 35.6 Å². The summed E-state index contributed by atoms with van der Waals surface area (Å²) in [5.41, 5.74) is 0.679. The number of nitrogens with one attached hydrogen (secondary N) is 2. The summed E-state index contributed by atoms with van der Waals surface area (Å²) in [7, 11) is -4.28. The summed E-state index contributed by atoms with van der Waals surface area (Å²) in [4.78, 5) is 15.3. The van der Waals surface area contributed by atoms with E-state index in [2.05, 4.69) is 15.4 Å². The number of carbonyl (C=O) groups is 1. The van der Waals surface area contributed by atoms with Gasteiger partial charge in [-0.3, -0.25) is 4.79 Å². The molecule has 0 aliphatic carbocycles. The number of amides is 1. The van der Waals surface area contributed by atoms with Crippen molar-refractivity contribution < 1.29 is 26.4 Å². The summed E-state index contributed by atoms with van der Waals surface area (Å²) in [5.74, 6) is -0.623. The molecule has 2 aromatic carbocycles. The van der Waals surface area contributed by atoms with Crippen molar-refractivity contribution in [2.75, 3.05) is 6.54 Å². The number of hydrogen-bond donors (Lipinski definition) is 2. The Morgan fingerprint density at radius 1 is 1.06 bits per heavy atom. The van der Waals surface area contributed by atoms with Crippen molar-refractivity contribution in [1.29, 1.82) is 0 Å². The second kappa shape index (κ2) is 9.27. The Labute approximate surface area is 176 Å². The van der Waals surface area contributed by atoms with E-state index in [1.807, 2.05) is 16.9 Å². The molecule has 1 amide bonds. The number of nitrogens with zero attached hydrogens (tertiary/aromatic N) is 3. The molecule has 3 rings (SSSR count). The van der Waals surface area contributed by atoms with Crippen LogP contribution in [-0.2, 0) is 34.1 Å². The van der Waals surface area contributed by atoms with E-state index in [-0.39, 0.29) is 6.54 Å². The SMILES string of the molecule is O=C(CNS(=O)(=O)c1cccc(C(F)(F)F)c1)NCc1ccc(Cn2cncn2)cc1. The molecule has 1 heterocycles. The summed E-state index contributed by atoms with van der Waals surface area (Å²) in [6, 6.07) is 10.6. The van der Waals surface area contributed by atoms with Crippen LogP contribution in [0.15, 0.2) is 66.1 Å². The van der Waals surface area contributed by atoms with E-state index in [1.54, 1.807) is 23.1 Å². The quantitative estimate of drug-likeness (QED) is 0.542. The molecular formula is C19H18F3N5O3S. The third-order valence-electron chi connectivity index (χ3n) is 4.22.